The van der Waals surface area contributed by atoms with Crippen LogP contribution in [0.25, 0.3) is 0 Å². The number of halogens is 12. The molecule has 33 heavy (non-hydrogen) atoms. The third-order valence-electron chi connectivity index (χ3n) is 4.82. The maximum atomic E-state index is 14.0. The van der Waals surface area contributed by atoms with Crippen LogP contribution >= 0.6 is 0 Å². The minimum atomic E-state index is -6.78. The minimum absolute atomic E-state index is 0.0911. The number of hydrogen-bond donors (Lipinski definition) is 0. The van der Waals surface area contributed by atoms with Crippen molar-refractivity contribution in [2.24, 2.45) is 0 Å². The van der Waals surface area contributed by atoms with Crippen molar-refractivity contribution in [1.29, 1.82) is 0 Å². The molecule has 0 aliphatic rings. The number of aryl methyl sites for hydroxylation is 2. The first-order valence-corrected chi connectivity index (χ1v) is 8.82. The van der Waals surface area contributed by atoms with Gasteiger partial charge in [0.1, 0.15) is 0 Å². The van der Waals surface area contributed by atoms with E-state index in [2.05, 4.69) is 4.74 Å². The molecule has 0 saturated heterocycles. The fourth-order valence-corrected chi connectivity index (χ4v) is 3.13. The van der Waals surface area contributed by atoms with E-state index in [1.54, 1.807) is 0 Å². The Morgan fingerprint density at radius 2 is 0.636 bits per heavy atom. The first-order valence-electron chi connectivity index (χ1n) is 8.82. The van der Waals surface area contributed by atoms with Gasteiger partial charge in [-0.3, -0.25) is 0 Å². The fourth-order valence-electron chi connectivity index (χ4n) is 3.13. The van der Waals surface area contributed by atoms with Gasteiger partial charge in [-0.2, -0.15) is 52.7 Å². The number of ether oxygens (including phenoxy) is 1. The average Bonchev–Trinajstić information content (AvgIpc) is 2.60. The van der Waals surface area contributed by atoms with Crippen molar-refractivity contribution >= 4 is 0 Å². The number of alkyl halides is 12. The fraction of sp³-hybridized carbons (Fsp3) is 0.400. The molecule has 0 spiro atoms. The van der Waals surface area contributed by atoms with E-state index >= 15 is 0 Å². The van der Waals surface area contributed by atoms with Gasteiger partial charge in [-0.05, 0) is 13.8 Å². The first kappa shape index (κ1) is 26.8. The van der Waals surface area contributed by atoms with E-state index in [9.17, 15) is 52.7 Å². The van der Waals surface area contributed by atoms with Crippen LogP contribution < -0.4 is 0 Å². The molecule has 2 rings (SSSR count). The van der Waals surface area contributed by atoms with Gasteiger partial charge in [0.15, 0.2) is 0 Å². The van der Waals surface area contributed by atoms with Crippen molar-refractivity contribution in [3.8, 4) is 0 Å². The lowest BCUT2D eigenvalue weighted by Crippen LogP contribution is -2.66. The quantitative estimate of drug-likeness (QED) is 0.394. The molecule has 0 atom stereocenters. The highest BCUT2D eigenvalue weighted by atomic mass is 19.4. The molecule has 0 N–H and O–H groups in total. The van der Waals surface area contributed by atoms with Gasteiger partial charge in [0.05, 0.1) is 0 Å². The van der Waals surface area contributed by atoms with Gasteiger partial charge in [0.25, 0.3) is 11.2 Å². The van der Waals surface area contributed by atoms with E-state index in [0.29, 0.717) is 24.3 Å². The molecular formula is C20H14F12O. The molecule has 0 unspecified atom stereocenters. The van der Waals surface area contributed by atoms with Crippen molar-refractivity contribution in [2.75, 3.05) is 0 Å². The molecule has 0 saturated carbocycles. The molecule has 2 aromatic rings. The highest BCUT2D eigenvalue weighted by Crippen LogP contribution is 2.62. The lowest BCUT2D eigenvalue weighted by molar-refractivity contribution is -0.480. The Morgan fingerprint density at radius 3 is 0.818 bits per heavy atom. The normalized spacial score (nSPS) is 14.5. The van der Waals surface area contributed by atoms with Crippen molar-refractivity contribution in [3.63, 3.8) is 0 Å². The number of rotatable bonds is 4. The number of benzene rings is 2. The van der Waals surface area contributed by atoms with Gasteiger partial charge >= 0.3 is 24.7 Å². The summed E-state index contributed by atoms with van der Waals surface area (Å²) in [5.41, 5.74) is -15.8. The molecule has 0 aliphatic carbocycles. The number of hydrogen-bond acceptors (Lipinski definition) is 1. The van der Waals surface area contributed by atoms with Gasteiger partial charge in [-0.25, -0.2) is 0 Å². The van der Waals surface area contributed by atoms with E-state index in [-0.39, 0.29) is 35.4 Å². The Bertz CT molecular complexity index is 840. The van der Waals surface area contributed by atoms with Gasteiger partial charge in [0.2, 0.25) is 0 Å². The Labute approximate surface area is 179 Å². The summed E-state index contributed by atoms with van der Waals surface area (Å²) in [4.78, 5) is 0. The van der Waals surface area contributed by atoms with Crippen LogP contribution in [-0.2, 0) is 15.9 Å². The Kier molecular flexibility index (Phi) is 6.58. The summed E-state index contributed by atoms with van der Waals surface area (Å²) in [5, 5.41) is 0. The van der Waals surface area contributed by atoms with Crippen molar-refractivity contribution < 1.29 is 57.4 Å². The van der Waals surface area contributed by atoms with E-state index < -0.39 is 47.0 Å². The Balaban J connectivity index is 3.06. The molecule has 13 heteroatoms. The third kappa shape index (κ3) is 4.38. The maximum Gasteiger partial charge on any atom is 0.430 e. The SMILES string of the molecule is Cc1ccc(C(OC(c2ccc(C)cc2)(C(F)(F)F)C(F)(F)F)(C(F)(F)F)C(F)(F)F)cc1. The van der Waals surface area contributed by atoms with Crippen molar-refractivity contribution in [2.45, 2.75) is 49.8 Å². The average molecular weight is 498 g/mol. The second-order valence-corrected chi connectivity index (χ2v) is 7.19. The minimum Gasteiger partial charge on any atom is -0.325 e. The van der Waals surface area contributed by atoms with Gasteiger partial charge < -0.3 is 4.74 Å². The summed E-state index contributed by atoms with van der Waals surface area (Å²) in [6.45, 7) is 2.46. The van der Waals surface area contributed by atoms with Gasteiger partial charge in [0, 0.05) is 11.1 Å². The van der Waals surface area contributed by atoms with Gasteiger partial charge in [-0.15, -0.1) is 0 Å². The summed E-state index contributed by atoms with van der Waals surface area (Å²) in [7, 11) is 0. The molecule has 0 bridgehead atoms. The van der Waals surface area contributed by atoms with Crippen LogP contribution in [0.3, 0.4) is 0 Å². The highest BCUT2D eigenvalue weighted by molar-refractivity contribution is 5.34. The summed E-state index contributed by atoms with van der Waals surface area (Å²) in [5.74, 6) is 0. The van der Waals surface area contributed by atoms with Crippen LogP contribution in [0.5, 0.6) is 0 Å². The standard InChI is InChI=1S/C20H14F12O/c1-11-3-7-13(8-4-11)15(17(21,22)23,18(24,25)26)33-16(19(27,28)29,20(30,31)32)14-9-5-12(2)6-10-14/h3-10H,1-2H3. The zero-order valence-electron chi connectivity index (χ0n) is 16.6. The van der Waals surface area contributed by atoms with E-state index in [0.717, 1.165) is 0 Å². The molecule has 0 amide bonds. The molecule has 184 valence electrons. The van der Waals surface area contributed by atoms with E-state index in [1.807, 2.05) is 0 Å². The van der Waals surface area contributed by atoms with Crippen LogP contribution in [0.15, 0.2) is 48.5 Å². The molecular weight excluding hydrogens is 484 g/mol. The maximum absolute atomic E-state index is 14.0. The molecule has 2 aromatic carbocycles. The van der Waals surface area contributed by atoms with Crippen LogP contribution in [0.1, 0.15) is 22.3 Å². The Hall–Kier alpha value is -2.44. The zero-order valence-corrected chi connectivity index (χ0v) is 16.6. The summed E-state index contributed by atoms with van der Waals surface area (Å²) < 4.78 is 171. The molecule has 0 fully saturated rings. The van der Waals surface area contributed by atoms with Crippen molar-refractivity contribution in [3.05, 3.63) is 70.8 Å². The second kappa shape index (κ2) is 8.10. The monoisotopic (exact) mass is 498 g/mol. The lowest BCUT2D eigenvalue weighted by atomic mass is 9.86. The van der Waals surface area contributed by atoms with Gasteiger partial charge in [-0.1, -0.05) is 59.7 Å². The summed E-state index contributed by atoms with van der Waals surface area (Å²) in [6, 6.07) is 3.12. The predicted molar refractivity (Wildman–Crippen MR) is 91.0 cm³/mol. The van der Waals surface area contributed by atoms with E-state index in [4.69, 9.17) is 0 Å². The van der Waals surface area contributed by atoms with Crippen LogP contribution in [0, 0.1) is 13.8 Å². The van der Waals surface area contributed by atoms with Crippen LogP contribution in [0.2, 0.25) is 0 Å². The predicted octanol–water partition coefficient (Wildman–Crippen LogP) is 7.66. The smallest absolute Gasteiger partial charge is 0.325 e. The molecule has 0 heterocycles. The topological polar surface area (TPSA) is 9.23 Å². The van der Waals surface area contributed by atoms with E-state index in [1.165, 1.54) is 13.8 Å². The summed E-state index contributed by atoms with van der Waals surface area (Å²) >= 11 is 0. The largest absolute Gasteiger partial charge is 0.430 e. The highest BCUT2D eigenvalue weighted by Gasteiger charge is 2.83. The van der Waals surface area contributed by atoms with Crippen LogP contribution in [-0.4, -0.2) is 24.7 Å². The zero-order chi connectivity index (χ0) is 25.7. The molecule has 0 radical (unpaired) electrons. The van der Waals surface area contributed by atoms with Crippen LogP contribution in [0.4, 0.5) is 52.7 Å². The lowest BCUT2D eigenvalue weighted by Gasteiger charge is -2.46. The Morgan fingerprint density at radius 1 is 0.424 bits per heavy atom. The summed E-state index contributed by atoms with van der Waals surface area (Å²) in [6.07, 6.45) is -27.1. The first-order chi connectivity index (χ1) is 14.7. The van der Waals surface area contributed by atoms with Crippen molar-refractivity contribution in [1.82, 2.24) is 0 Å². The second-order valence-electron chi connectivity index (χ2n) is 7.19. The molecule has 0 aliphatic heterocycles. The molecule has 1 nitrogen and oxygen atoms in total. The third-order valence-corrected chi connectivity index (χ3v) is 4.82. The molecule has 0 aromatic heterocycles.